The Kier molecular flexibility index (Phi) is 9.89. The Morgan fingerprint density at radius 3 is 2.15 bits per heavy atom. The van der Waals surface area contributed by atoms with Crippen LogP contribution in [-0.4, -0.2) is 43.5 Å². The van der Waals surface area contributed by atoms with Gasteiger partial charge in [0.15, 0.2) is 0 Å². The van der Waals surface area contributed by atoms with Crippen LogP contribution in [0, 0.1) is 10.2 Å². The van der Waals surface area contributed by atoms with Gasteiger partial charge in [-0.2, -0.15) is 0 Å². The zero-order valence-corrected chi connectivity index (χ0v) is 24.8. The van der Waals surface area contributed by atoms with Crippen molar-refractivity contribution in [2.45, 2.75) is 27.7 Å². The number of aliphatic imine (C=N–C) groups is 1. The normalized spacial score (nSPS) is 13.2. The van der Waals surface area contributed by atoms with Crippen LogP contribution in [0.1, 0.15) is 33.3 Å². The Balaban J connectivity index is 0.000000681. The van der Waals surface area contributed by atoms with Gasteiger partial charge < -0.3 is 9.32 Å². The molecule has 0 radical (unpaired) electrons. The van der Waals surface area contributed by atoms with E-state index >= 15 is 0 Å². The second-order valence-electron chi connectivity index (χ2n) is 9.14. The third kappa shape index (κ3) is 6.86. The van der Waals surface area contributed by atoms with Gasteiger partial charge in [0.1, 0.15) is 24.4 Å². The van der Waals surface area contributed by atoms with Crippen molar-refractivity contribution < 1.29 is 33.3 Å². The van der Waals surface area contributed by atoms with E-state index in [2.05, 4.69) is 97.8 Å². The molecule has 2 aliphatic heterocycles. The van der Waals surface area contributed by atoms with E-state index in [1.807, 2.05) is 11.8 Å². The van der Waals surface area contributed by atoms with Crippen LogP contribution >= 0.6 is 11.8 Å². The van der Waals surface area contributed by atoms with Crippen molar-refractivity contribution in [2.24, 2.45) is 4.99 Å². The molecule has 3 aliphatic rings. The number of fused-ring (bicyclic) bond motifs is 2. The Labute approximate surface area is 241 Å². The number of rotatable bonds is 7. The minimum atomic E-state index is -4.94. The third-order valence-electron chi connectivity index (χ3n) is 6.96. The van der Waals surface area contributed by atoms with Crippen LogP contribution in [0.25, 0.3) is 33.4 Å². The molecule has 0 aromatic heterocycles. The molecule has 8 nitrogen and oxygen atoms in total. The van der Waals surface area contributed by atoms with E-state index in [4.69, 9.17) is 28.0 Å². The van der Waals surface area contributed by atoms with Crippen LogP contribution in [0.15, 0.2) is 70.1 Å². The Morgan fingerprint density at radius 2 is 1.55 bits per heavy atom. The predicted molar refractivity (Wildman–Crippen MR) is 152 cm³/mol. The molecule has 1 aliphatic carbocycles. The Morgan fingerprint density at radius 1 is 0.875 bits per heavy atom. The molecule has 212 valence electrons. The molecular weight excluding hydrogens is 550 g/mol. The minimum Gasteiger partial charge on any atom is -0.456 e. The van der Waals surface area contributed by atoms with Gasteiger partial charge in [-0.05, 0) is 51.5 Å². The molecule has 5 rings (SSSR count). The van der Waals surface area contributed by atoms with Crippen LogP contribution in [-0.2, 0) is 0 Å². The summed E-state index contributed by atoms with van der Waals surface area (Å²) in [6, 6.07) is 22.1. The number of nitrogens with zero attached hydrogens (tertiary/aromatic N) is 3. The zero-order chi connectivity index (χ0) is 28.9. The summed E-state index contributed by atoms with van der Waals surface area (Å²) in [5.41, 5.74) is 6.91. The Bertz CT molecular complexity index is 1530. The highest BCUT2D eigenvalue weighted by atomic mass is 35.7. The topological polar surface area (TPSA) is 124 Å². The molecule has 0 amide bonds. The molecule has 0 N–H and O–H groups in total. The van der Waals surface area contributed by atoms with Crippen molar-refractivity contribution in [1.82, 2.24) is 4.58 Å². The molecule has 2 aromatic rings. The van der Waals surface area contributed by atoms with Gasteiger partial charge in [-0.25, -0.2) is 23.2 Å². The zero-order valence-electron chi connectivity index (χ0n) is 23.2. The van der Waals surface area contributed by atoms with Crippen molar-refractivity contribution in [2.75, 3.05) is 43.4 Å². The fourth-order valence-corrected chi connectivity index (χ4v) is 6.01. The van der Waals surface area contributed by atoms with Crippen LogP contribution < -0.4 is 33.5 Å². The second-order valence-corrected chi connectivity index (χ2v) is 11.0. The number of hydrogen-bond acceptors (Lipinski definition) is 8. The SMILES string of the molecule is CCN(CC)c1ccc2c(-c3ccccc3C3=NCCS3)c3ccc(=[N+](CC)CC)cc-3oc2c1.[O-][Cl+3]([O-])([O-])[O-]. The lowest BCUT2D eigenvalue weighted by atomic mass is 9.91. The third-order valence-corrected chi connectivity index (χ3v) is 7.97. The predicted octanol–water partition coefficient (Wildman–Crippen LogP) is 1.60. The van der Waals surface area contributed by atoms with Crippen molar-refractivity contribution in [3.8, 4) is 22.5 Å². The van der Waals surface area contributed by atoms with Gasteiger partial charge in [-0.15, -0.1) is 22.0 Å². The lowest BCUT2D eigenvalue weighted by Crippen LogP contribution is -2.68. The average molecular weight is 584 g/mol. The molecule has 2 heterocycles. The van der Waals surface area contributed by atoms with Gasteiger partial charge in [-0.3, -0.25) is 4.99 Å². The molecule has 0 atom stereocenters. The van der Waals surface area contributed by atoms with Gasteiger partial charge >= 0.3 is 0 Å². The highest BCUT2D eigenvalue weighted by molar-refractivity contribution is 8.14. The molecule has 10 heteroatoms. The van der Waals surface area contributed by atoms with E-state index in [9.17, 15) is 0 Å². The fourth-order valence-electron chi connectivity index (χ4n) is 5.11. The minimum absolute atomic E-state index is 0.889. The van der Waals surface area contributed by atoms with E-state index in [1.54, 1.807) is 0 Å². The fraction of sp³-hybridized carbons (Fsp3) is 0.333. The standard InChI is InChI=1S/C30H34N3OS.ClHO4/c1-5-32(6-2)21-13-15-25-27(19-21)34-28-20-22(33(7-3)8-4)14-16-26(28)29(25)23-11-9-10-12-24(23)30-31-17-18-35-30;2-1(3,4)5/h9-16,19-20H,5-8,17-18H2,1-4H3;(H,2,3,4,5)/q+1;/p-1. The molecule has 40 heavy (non-hydrogen) atoms. The number of hydrogen-bond donors (Lipinski definition) is 0. The number of thioether (sulfide) groups is 1. The molecule has 0 fully saturated rings. The van der Waals surface area contributed by atoms with E-state index in [1.165, 1.54) is 27.7 Å². The van der Waals surface area contributed by atoms with E-state index in [0.717, 1.165) is 65.8 Å². The monoisotopic (exact) mass is 583 g/mol. The molecule has 2 aromatic carbocycles. The van der Waals surface area contributed by atoms with E-state index in [-0.39, 0.29) is 0 Å². The molecular formula is C30H34ClN3O5S. The molecule has 0 bridgehead atoms. The summed E-state index contributed by atoms with van der Waals surface area (Å²) in [6.45, 7) is 13.5. The second kappa shape index (κ2) is 13.2. The summed E-state index contributed by atoms with van der Waals surface area (Å²) in [5.74, 6) is 1.97. The van der Waals surface area contributed by atoms with Gasteiger partial charge in [0, 0.05) is 65.3 Å². The van der Waals surface area contributed by atoms with Gasteiger partial charge in [0.05, 0.1) is 11.1 Å². The van der Waals surface area contributed by atoms with E-state index < -0.39 is 10.2 Å². The van der Waals surface area contributed by atoms with Crippen molar-refractivity contribution in [3.05, 3.63) is 71.6 Å². The maximum Gasteiger partial charge on any atom is 0.203 e. The molecule has 0 saturated carbocycles. The quantitative estimate of drug-likeness (QED) is 0.239. The van der Waals surface area contributed by atoms with Crippen molar-refractivity contribution >= 4 is 33.5 Å². The first-order chi connectivity index (χ1) is 19.2. The summed E-state index contributed by atoms with van der Waals surface area (Å²) in [7, 11) is -4.94. The largest absolute Gasteiger partial charge is 0.456 e. The molecule has 0 spiro atoms. The smallest absolute Gasteiger partial charge is 0.203 e. The number of halogens is 1. The highest BCUT2D eigenvalue weighted by Crippen LogP contribution is 2.43. The maximum absolute atomic E-state index is 8.49. The summed E-state index contributed by atoms with van der Waals surface area (Å²) >= 11 is 1.85. The van der Waals surface area contributed by atoms with Crippen molar-refractivity contribution in [1.29, 1.82) is 0 Å². The lowest BCUT2D eigenvalue weighted by Gasteiger charge is -2.22. The summed E-state index contributed by atoms with van der Waals surface area (Å²) in [5, 5.41) is 3.47. The maximum atomic E-state index is 8.49. The Hall–Kier alpha value is -2.92. The van der Waals surface area contributed by atoms with E-state index in [0.29, 0.717) is 0 Å². The summed E-state index contributed by atoms with van der Waals surface area (Å²) in [4.78, 5) is 7.18. The number of benzene rings is 3. The highest BCUT2D eigenvalue weighted by Gasteiger charge is 2.23. The summed E-state index contributed by atoms with van der Waals surface area (Å²) < 4.78 is 43.0. The van der Waals surface area contributed by atoms with Gasteiger partial charge in [0.2, 0.25) is 5.36 Å². The first-order valence-electron chi connectivity index (χ1n) is 13.4. The van der Waals surface area contributed by atoms with Crippen LogP contribution in [0.2, 0.25) is 0 Å². The summed E-state index contributed by atoms with van der Waals surface area (Å²) in [6.07, 6.45) is 0. The van der Waals surface area contributed by atoms with Gasteiger partial charge in [0.25, 0.3) is 0 Å². The lowest BCUT2D eigenvalue weighted by molar-refractivity contribution is -2.00. The first-order valence-corrected chi connectivity index (χ1v) is 15.6. The van der Waals surface area contributed by atoms with Crippen molar-refractivity contribution in [3.63, 3.8) is 0 Å². The van der Waals surface area contributed by atoms with Gasteiger partial charge in [-0.1, -0.05) is 24.3 Å². The average Bonchev–Trinajstić information content (AvgIpc) is 3.47. The first kappa shape index (κ1) is 30.0. The van der Waals surface area contributed by atoms with Crippen LogP contribution in [0.5, 0.6) is 0 Å². The van der Waals surface area contributed by atoms with Crippen LogP contribution in [0.4, 0.5) is 5.69 Å². The molecule has 0 unspecified atom stereocenters. The molecule has 0 saturated heterocycles. The van der Waals surface area contributed by atoms with Crippen LogP contribution in [0.3, 0.4) is 0 Å². The number of anilines is 1.